The number of imidazole rings is 1. The van der Waals surface area contributed by atoms with E-state index < -0.39 is 15.8 Å². The molecule has 0 atom stereocenters. The van der Waals surface area contributed by atoms with Crippen molar-refractivity contribution in [2.24, 2.45) is 0 Å². The van der Waals surface area contributed by atoms with Crippen molar-refractivity contribution in [3.8, 4) is 6.07 Å². The van der Waals surface area contributed by atoms with E-state index in [-0.39, 0.29) is 17.3 Å². The molecule has 1 N–H and O–H groups in total. The first-order chi connectivity index (χ1) is 21.8. The number of sulfonamides is 1. The van der Waals surface area contributed by atoms with Crippen LogP contribution in [-0.4, -0.2) is 55.0 Å². The van der Waals surface area contributed by atoms with Crippen LogP contribution < -0.4 is 9.62 Å². The zero-order chi connectivity index (χ0) is 31.4. The largest absolute Gasteiger partial charge is 0.350 e. The number of fused-ring (bicyclic) bond motifs is 1. The van der Waals surface area contributed by atoms with Gasteiger partial charge in [0.1, 0.15) is 5.82 Å². The van der Waals surface area contributed by atoms with Gasteiger partial charge in [0.2, 0.25) is 0 Å². The van der Waals surface area contributed by atoms with Crippen LogP contribution in [0.25, 0.3) is 10.1 Å². The number of carbonyl (C=O) groups is 1. The maximum Gasteiger partial charge on any atom is 0.264 e. The number of amides is 1. The molecular weight excluding hydrogens is 612 g/mol. The summed E-state index contributed by atoms with van der Waals surface area (Å²) in [4.78, 5) is 19.9. The molecule has 0 saturated carbocycles. The van der Waals surface area contributed by atoms with E-state index in [1.165, 1.54) is 46.7 Å². The molecule has 1 fully saturated rings. The van der Waals surface area contributed by atoms with Gasteiger partial charge in [0.05, 0.1) is 45.7 Å². The molecule has 1 saturated heterocycles. The number of nitrogens with one attached hydrogen (secondary N) is 1. The number of nitriles is 1. The molecule has 9 nitrogen and oxygen atoms in total. The highest BCUT2D eigenvalue weighted by Crippen LogP contribution is 2.33. The van der Waals surface area contributed by atoms with Crippen LogP contribution in [0.1, 0.15) is 39.3 Å². The van der Waals surface area contributed by atoms with Gasteiger partial charge in [-0.3, -0.25) is 9.10 Å². The lowest BCUT2D eigenvalue weighted by atomic mass is 10.1. The number of thiophene rings is 1. The number of benzene rings is 3. The molecule has 0 unspecified atom stereocenters. The van der Waals surface area contributed by atoms with Gasteiger partial charge in [0, 0.05) is 30.5 Å². The van der Waals surface area contributed by atoms with E-state index in [1.807, 2.05) is 16.7 Å². The summed E-state index contributed by atoms with van der Waals surface area (Å²) in [6, 6.07) is 21.2. The second-order valence-corrected chi connectivity index (χ2v) is 13.9. The highest BCUT2D eigenvalue weighted by molar-refractivity contribution is 7.92. The van der Waals surface area contributed by atoms with Crippen molar-refractivity contribution in [3.05, 3.63) is 113 Å². The fraction of sp³-hybridized carbons (Fsp3) is 0.242. The predicted octanol–water partition coefficient (Wildman–Crippen LogP) is 5.38. The maximum atomic E-state index is 14.2. The Morgan fingerprint density at radius 1 is 1.07 bits per heavy atom. The third-order valence-electron chi connectivity index (χ3n) is 7.85. The average molecular weight is 643 g/mol. The first-order valence-electron chi connectivity index (χ1n) is 14.6. The van der Waals surface area contributed by atoms with Crippen molar-refractivity contribution >= 4 is 43.0 Å². The van der Waals surface area contributed by atoms with E-state index in [4.69, 9.17) is 5.26 Å². The number of halogens is 1. The third kappa shape index (κ3) is 6.91. The van der Waals surface area contributed by atoms with E-state index in [1.54, 1.807) is 48.9 Å². The zero-order valence-electron chi connectivity index (χ0n) is 24.4. The quantitative estimate of drug-likeness (QED) is 0.207. The Kier molecular flexibility index (Phi) is 8.93. The molecule has 1 aliphatic heterocycles. The molecule has 3 heterocycles. The highest BCUT2D eigenvalue weighted by atomic mass is 32.2. The van der Waals surface area contributed by atoms with Gasteiger partial charge in [-0.25, -0.2) is 17.8 Å². The second-order valence-electron chi connectivity index (χ2n) is 10.9. The van der Waals surface area contributed by atoms with Crippen LogP contribution >= 0.6 is 11.3 Å². The second kappa shape index (κ2) is 13.2. The van der Waals surface area contributed by atoms with E-state index in [0.29, 0.717) is 34.9 Å². The Bertz CT molecular complexity index is 1980. The summed E-state index contributed by atoms with van der Waals surface area (Å²) in [6.07, 6.45) is 5.61. The van der Waals surface area contributed by atoms with Gasteiger partial charge in [-0.05, 0) is 91.5 Å². The Morgan fingerprint density at radius 2 is 1.87 bits per heavy atom. The minimum absolute atomic E-state index is 0.0748. The maximum absolute atomic E-state index is 14.2. The minimum Gasteiger partial charge on any atom is -0.350 e. The van der Waals surface area contributed by atoms with Crippen molar-refractivity contribution < 1.29 is 17.6 Å². The van der Waals surface area contributed by atoms with Crippen LogP contribution in [-0.2, 0) is 23.1 Å². The van der Waals surface area contributed by atoms with Gasteiger partial charge in [0.15, 0.2) is 0 Å². The summed E-state index contributed by atoms with van der Waals surface area (Å²) in [5, 5.41) is 12.8. The molecule has 0 spiro atoms. The molecule has 12 heteroatoms. The fourth-order valence-corrected chi connectivity index (χ4v) is 7.86. The molecule has 1 amide bonds. The van der Waals surface area contributed by atoms with Crippen LogP contribution in [0.3, 0.4) is 0 Å². The summed E-state index contributed by atoms with van der Waals surface area (Å²) in [5.41, 5.74) is 2.45. The molecule has 3 aromatic carbocycles. The zero-order valence-corrected chi connectivity index (χ0v) is 26.0. The lowest BCUT2D eigenvalue weighted by Gasteiger charge is -2.25. The van der Waals surface area contributed by atoms with Gasteiger partial charge < -0.3 is 14.8 Å². The summed E-state index contributed by atoms with van der Waals surface area (Å²) in [5.74, 6) is -0.816. The number of nitrogens with zero attached hydrogens (tertiary/aromatic N) is 5. The van der Waals surface area contributed by atoms with E-state index in [9.17, 15) is 17.6 Å². The van der Waals surface area contributed by atoms with Gasteiger partial charge in [-0.1, -0.05) is 18.2 Å². The number of hydrogen-bond acceptors (Lipinski definition) is 7. The van der Waals surface area contributed by atoms with E-state index >= 15 is 0 Å². The van der Waals surface area contributed by atoms with Crippen LogP contribution in [0.4, 0.5) is 10.1 Å². The fourth-order valence-electron chi connectivity index (χ4n) is 5.44. The van der Waals surface area contributed by atoms with E-state index in [0.717, 1.165) is 41.4 Å². The molecule has 0 aliphatic carbocycles. The van der Waals surface area contributed by atoms with Crippen molar-refractivity contribution in [1.29, 1.82) is 5.26 Å². The van der Waals surface area contributed by atoms with Crippen molar-refractivity contribution in [2.45, 2.75) is 30.8 Å². The SMILES string of the molecule is N#Cc1ccc(Cn2cncc2CN(c2ccc3sc(C(=O)NCCN4CCCC4)cc3c2)S(=O)(=O)c2cccc(F)c2)cc1. The molecule has 45 heavy (non-hydrogen) atoms. The van der Waals surface area contributed by atoms with Gasteiger partial charge >= 0.3 is 0 Å². The van der Waals surface area contributed by atoms with E-state index in [2.05, 4.69) is 21.3 Å². The first kappa shape index (κ1) is 30.5. The molecule has 0 radical (unpaired) electrons. The van der Waals surface area contributed by atoms with Gasteiger partial charge in [-0.2, -0.15) is 5.26 Å². The lowest BCUT2D eigenvalue weighted by Crippen LogP contribution is -2.33. The molecule has 0 bridgehead atoms. The number of likely N-dealkylation sites (tertiary alicyclic amines) is 1. The van der Waals surface area contributed by atoms with Crippen molar-refractivity contribution in [3.63, 3.8) is 0 Å². The monoisotopic (exact) mass is 642 g/mol. The van der Waals surface area contributed by atoms with Gasteiger partial charge in [0.25, 0.3) is 15.9 Å². The summed E-state index contributed by atoms with van der Waals surface area (Å²) >= 11 is 1.35. The summed E-state index contributed by atoms with van der Waals surface area (Å²) in [6.45, 7) is 3.84. The number of hydrogen-bond donors (Lipinski definition) is 1. The standard InChI is InChI=1S/C33H31FN6O3S2/c34-27-4-3-5-30(18-27)45(42,43)40(22-29-20-36-23-39(29)21-25-8-6-24(19-35)7-9-25)28-10-11-31-26(16-28)17-32(44-31)33(41)37-12-15-38-13-1-2-14-38/h3-11,16-18,20,23H,1-2,12-15,21-22H2,(H,37,41). The average Bonchev–Trinajstić information content (AvgIpc) is 3.81. The molecule has 230 valence electrons. The molecule has 5 aromatic rings. The van der Waals surface area contributed by atoms with Crippen LogP contribution in [0.2, 0.25) is 0 Å². The van der Waals surface area contributed by atoms with Gasteiger partial charge in [-0.15, -0.1) is 11.3 Å². The molecule has 6 rings (SSSR count). The molecular formula is C33H31FN6O3S2. The Balaban J connectivity index is 1.29. The molecule has 1 aliphatic rings. The number of rotatable bonds is 11. The summed E-state index contributed by atoms with van der Waals surface area (Å²) < 4.78 is 46.2. The van der Waals surface area contributed by atoms with Crippen LogP contribution in [0.15, 0.2) is 90.2 Å². The van der Waals surface area contributed by atoms with Crippen molar-refractivity contribution in [1.82, 2.24) is 19.8 Å². The Hall–Kier alpha value is -4.57. The molecule has 2 aromatic heterocycles. The number of aromatic nitrogens is 2. The Labute approximate surface area is 265 Å². The number of carbonyl (C=O) groups excluding carboxylic acids is 1. The van der Waals surface area contributed by atoms with Crippen LogP contribution in [0.5, 0.6) is 0 Å². The summed E-state index contributed by atoms with van der Waals surface area (Å²) in [7, 11) is -4.21. The predicted molar refractivity (Wildman–Crippen MR) is 172 cm³/mol. The topological polar surface area (TPSA) is 111 Å². The first-order valence-corrected chi connectivity index (χ1v) is 16.9. The Morgan fingerprint density at radius 3 is 2.62 bits per heavy atom. The normalized spacial score (nSPS) is 13.6. The minimum atomic E-state index is -4.21. The lowest BCUT2D eigenvalue weighted by molar-refractivity contribution is 0.0954. The third-order valence-corrected chi connectivity index (χ3v) is 10.7. The van der Waals surface area contributed by atoms with Crippen LogP contribution in [0, 0.1) is 17.1 Å². The van der Waals surface area contributed by atoms with Crippen molar-refractivity contribution in [2.75, 3.05) is 30.5 Å². The number of anilines is 1. The highest BCUT2D eigenvalue weighted by Gasteiger charge is 2.27. The smallest absolute Gasteiger partial charge is 0.264 e.